The summed E-state index contributed by atoms with van der Waals surface area (Å²) in [5, 5.41) is 2.59. The van der Waals surface area contributed by atoms with Crippen LogP contribution in [0, 0.1) is 0 Å². The van der Waals surface area contributed by atoms with Crippen molar-refractivity contribution in [1.29, 1.82) is 0 Å². The van der Waals surface area contributed by atoms with E-state index in [0.29, 0.717) is 22.7 Å². The SMILES string of the molecule is CC(=O)Nc1cc2c(cc1C(C)=O)OCO2. The standard InChI is InChI=1S/C11H11NO4/c1-6(13)8-3-10-11(16-5-15-10)4-9(8)12-7(2)14/h3-4H,5H2,1-2H3,(H,12,14). The van der Waals surface area contributed by atoms with Gasteiger partial charge >= 0.3 is 0 Å². The first-order chi connectivity index (χ1) is 7.58. The number of ketones is 1. The van der Waals surface area contributed by atoms with E-state index in [1.165, 1.54) is 13.8 Å². The third-order valence-electron chi connectivity index (χ3n) is 2.20. The maximum absolute atomic E-state index is 11.4. The first-order valence-electron chi connectivity index (χ1n) is 4.80. The zero-order valence-corrected chi connectivity index (χ0v) is 8.99. The van der Waals surface area contributed by atoms with E-state index in [9.17, 15) is 9.59 Å². The van der Waals surface area contributed by atoms with E-state index in [2.05, 4.69) is 5.32 Å². The number of anilines is 1. The molecule has 84 valence electrons. The lowest BCUT2D eigenvalue weighted by atomic mass is 10.1. The lowest BCUT2D eigenvalue weighted by molar-refractivity contribution is -0.114. The van der Waals surface area contributed by atoms with Crippen LogP contribution in [-0.2, 0) is 4.79 Å². The molecule has 0 saturated heterocycles. The zero-order valence-electron chi connectivity index (χ0n) is 8.99. The summed E-state index contributed by atoms with van der Waals surface area (Å²) in [6.07, 6.45) is 0. The van der Waals surface area contributed by atoms with Gasteiger partial charge in [-0.1, -0.05) is 0 Å². The molecule has 2 rings (SSSR count). The summed E-state index contributed by atoms with van der Waals surface area (Å²) in [5.74, 6) is 0.691. The summed E-state index contributed by atoms with van der Waals surface area (Å²) in [6.45, 7) is 2.95. The minimum atomic E-state index is -0.235. The second-order valence-corrected chi connectivity index (χ2v) is 3.49. The second kappa shape index (κ2) is 3.84. The number of hydrogen-bond acceptors (Lipinski definition) is 4. The summed E-state index contributed by atoms with van der Waals surface area (Å²) in [4.78, 5) is 22.4. The summed E-state index contributed by atoms with van der Waals surface area (Å²) in [6, 6.07) is 3.18. The molecule has 0 aliphatic carbocycles. The molecule has 16 heavy (non-hydrogen) atoms. The molecule has 5 nitrogen and oxygen atoms in total. The van der Waals surface area contributed by atoms with E-state index < -0.39 is 0 Å². The van der Waals surface area contributed by atoms with Gasteiger partial charge in [0.1, 0.15) is 0 Å². The zero-order chi connectivity index (χ0) is 11.7. The number of hydrogen-bond donors (Lipinski definition) is 1. The van der Waals surface area contributed by atoms with E-state index in [0.717, 1.165) is 0 Å². The Labute approximate surface area is 92.4 Å². The van der Waals surface area contributed by atoms with Gasteiger partial charge in [-0.25, -0.2) is 0 Å². The number of benzene rings is 1. The third kappa shape index (κ3) is 1.84. The van der Waals surface area contributed by atoms with Crippen molar-refractivity contribution >= 4 is 17.4 Å². The van der Waals surface area contributed by atoms with Crippen LogP contribution in [0.3, 0.4) is 0 Å². The van der Waals surface area contributed by atoms with Gasteiger partial charge in [0.15, 0.2) is 17.3 Å². The van der Waals surface area contributed by atoms with E-state index >= 15 is 0 Å². The first kappa shape index (κ1) is 10.5. The molecule has 1 N–H and O–H groups in total. The molecule has 0 atom stereocenters. The number of Topliss-reactive ketones (excluding diaryl/α,β-unsaturated/α-hetero) is 1. The van der Waals surface area contributed by atoms with Gasteiger partial charge in [0.2, 0.25) is 12.7 Å². The molecule has 1 aromatic carbocycles. The van der Waals surface area contributed by atoms with Crippen molar-refractivity contribution in [2.45, 2.75) is 13.8 Å². The van der Waals surface area contributed by atoms with Crippen LogP contribution in [0.2, 0.25) is 0 Å². The fourth-order valence-electron chi connectivity index (χ4n) is 1.53. The molecule has 1 aromatic rings. The molecule has 0 bridgehead atoms. The Hall–Kier alpha value is -2.04. The number of fused-ring (bicyclic) bond motifs is 1. The van der Waals surface area contributed by atoms with Crippen LogP contribution in [0.4, 0.5) is 5.69 Å². The molecular weight excluding hydrogens is 210 g/mol. The molecule has 1 heterocycles. The van der Waals surface area contributed by atoms with Gasteiger partial charge in [-0.05, 0) is 13.0 Å². The smallest absolute Gasteiger partial charge is 0.231 e. The predicted octanol–water partition coefficient (Wildman–Crippen LogP) is 1.58. The largest absolute Gasteiger partial charge is 0.454 e. The molecular formula is C11H11NO4. The van der Waals surface area contributed by atoms with Crippen LogP contribution < -0.4 is 14.8 Å². The van der Waals surface area contributed by atoms with Gasteiger partial charge in [-0.2, -0.15) is 0 Å². The second-order valence-electron chi connectivity index (χ2n) is 3.49. The van der Waals surface area contributed by atoms with Gasteiger partial charge in [0, 0.05) is 18.6 Å². The van der Waals surface area contributed by atoms with Crippen LogP contribution in [0.25, 0.3) is 0 Å². The molecule has 1 amide bonds. The molecule has 1 aliphatic rings. The van der Waals surface area contributed by atoms with Crippen molar-refractivity contribution in [3.05, 3.63) is 17.7 Å². The quantitative estimate of drug-likeness (QED) is 0.770. The first-order valence-corrected chi connectivity index (χ1v) is 4.80. The van der Waals surface area contributed by atoms with E-state index in [1.807, 2.05) is 0 Å². The van der Waals surface area contributed by atoms with Gasteiger partial charge in [-0.3, -0.25) is 9.59 Å². The van der Waals surface area contributed by atoms with Crippen molar-refractivity contribution in [1.82, 2.24) is 0 Å². The maximum Gasteiger partial charge on any atom is 0.231 e. The Bertz CT molecular complexity index is 467. The number of ether oxygens (including phenoxy) is 2. The predicted molar refractivity (Wildman–Crippen MR) is 56.9 cm³/mol. The number of rotatable bonds is 2. The Kier molecular flexibility index (Phi) is 2.52. The van der Waals surface area contributed by atoms with E-state index in [4.69, 9.17) is 9.47 Å². The normalized spacial score (nSPS) is 12.4. The molecule has 0 saturated carbocycles. The molecule has 5 heteroatoms. The highest BCUT2D eigenvalue weighted by atomic mass is 16.7. The highest BCUT2D eigenvalue weighted by Gasteiger charge is 2.19. The minimum Gasteiger partial charge on any atom is -0.454 e. The topological polar surface area (TPSA) is 64.6 Å². The van der Waals surface area contributed by atoms with Gasteiger partial charge in [-0.15, -0.1) is 0 Å². The molecule has 0 radical (unpaired) electrons. The van der Waals surface area contributed by atoms with Crippen molar-refractivity contribution in [2.24, 2.45) is 0 Å². The summed E-state index contributed by atoms with van der Waals surface area (Å²) in [5.41, 5.74) is 0.865. The highest BCUT2D eigenvalue weighted by molar-refractivity contribution is 6.04. The van der Waals surface area contributed by atoms with Crippen molar-refractivity contribution < 1.29 is 19.1 Å². The van der Waals surface area contributed by atoms with Crippen LogP contribution in [0.1, 0.15) is 24.2 Å². The number of carbonyl (C=O) groups is 2. The van der Waals surface area contributed by atoms with E-state index in [1.54, 1.807) is 12.1 Å². The maximum atomic E-state index is 11.4. The van der Waals surface area contributed by atoms with Crippen molar-refractivity contribution in [3.8, 4) is 11.5 Å². The Balaban J connectivity index is 2.48. The Morgan fingerprint density at radius 2 is 1.81 bits per heavy atom. The monoisotopic (exact) mass is 221 g/mol. The van der Waals surface area contributed by atoms with Crippen LogP contribution in [0.15, 0.2) is 12.1 Å². The molecule has 1 aliphatic heterocycles. The lowest BCUT2D eigenvalue weighted by Gasteiger charge is -2.08. The van der Waals surface area contributed by atoms with Crippen LogP contribution in [0.5, 0.6) is 11.5 Å². The van der Waals surface area contributed by atoms with Crippen molar-refractivity contribution in [3.63, 3.8) is 0 Å². The molecule has 0 unspecified atom stereocenters. The van der Waals surface area contributed by atoms with Crippen molar-refractivity contribution in [2.75, 3.05) is 12.1 Å². The molecule has 0 fully saturated rings. The average Bonchev–Trinajstić information content (AvgIpc) is 2.62. The summed E-state index contributed by atoms with van der Waals surface area (Å²) >= 11 is 0. The number of nitrogens with one attached hydrogen (secondary N) is 1. The van der Waals surface area contributed by atoms with Gasteiger partial charge in [0.05, 0.1) is 5.69 Å². The third-order valence-corrected chi connectivity index (χ3v) is 2.20. The molecule has 0 aromatic heterocycles. The fourth-order valence-corrected chi connectivity index (χ4v) is 1.53. The fraction of sp³-hybridized carbons (Fsp3) is 0.273. The molecule has 0 spiro atoms. The number of carbonyl (C=O) groups excluding carboxylic acids is 2. The van der Waals surface area contributed by atoms with Gasteiger partial charge in [0.25, 0.3) is 0 Å². The Morgan fingerprint density at radius 3 is 2.38 bits per heavy atom. The van der Waals surface area contributed by atoms with Crippen LogP contribution >= 0.6 is 0 Å². The van der Waals surface area contributed by atoms with Crippen LogP contribution in [-0.4, -0.2) is 18.5 Å². The number of amides is 1. The summed E-state index contributed by atoms with van der Waals surface area (Å²) < 4.78 is 10.3. The average molecular weight is 221 g/mol. The summed E-state index contributed by atoms with van der Waals surface area (Å²) in [7, 11) is 0. The lowest BCUT2D eigenvalue weighted by Crippen LogP contribution is -2.09. The minimum absolute atomic E-state index is 0.135. The van der Waals surface area contributed by atoms with E-state index in [-0.39, 0.29) is 18.5 Å². The highest BCUT2D eigenvalue weighted by Crippen LogP contribution is 2.37. The Morgan fingerprint density at radius 1 is 1.19 bits per heavy atom. The van der Waals surface area contributed by atoms with Gasteiger partial charge < -0.3 is 14.8 Å².